The largest absolute Gasteiger partial charge is 0.497 e. The smallest absolute Gasteiger partial charge is 0.251 e. The Morgan fingerprint density at radius 2 is 1.77 bits per heavy atom. The van der Waals surface area contributed by atoms with Gasteiger partial charge in [-0.05, 0) is 42.5 Å². The first-order chi connectivity index (χ1) is 17.0. The highest BCUT2D eigenvalue weighted by atomic mass is 32.2. The van der Waals surface area contributed by atoms with E-state index in [0.29, 0.717) is 22.3 Å². The average molecular weight is 492 g/mol. The van der Waals surface area contributed by atoms with Gasteiger partial charge in [-0.15, -0.1) is 10.2 Å². The van der Waals surface area contributed by atoms with Gasteiger partial charge < -0.3 is 15.4 Å². The summed E-state index contributed by atoms with van der Waals surface area (Å²) in [5.41, 5.74) is 1.35. The number of aromatic nitrogens is 3. The van der Waals surface area contributed by atoms with Gasteiger partial charge in [0.1, 0.15) is 11.6 Å². The van der Waals surface area contributed by atoms with Gasteiger partial charge in [-0.3, -0.25) is 14.2 Å². The number of carbonyl (C=O) groups excluding carboxylic acids is 2. The molecule has 4 aromatic rings. The fraction of sp³-hybridized carbons (Fsp3) is 0.120. The van der Waals surface area contributed by atoms with E-state index in [2.05, 4.69) is 20.8 Å². The summed E-state index contributed by atoms with van der Waals surface area (Å²) in [4.78, 5) is 25.0. The van der Waals surface area contributed by atoms with Gasteiger partial charge in [-0.2, -0.15) is 0 Å². The van der Waals surface area contributed by atoms with Crippen molar-refractivity contribution in [1.82, 2.24) is 20.1 Å². The number of benzene rings is 3. The molecule has 0 aliphatic heterocycles. The molecule has 0 spiro atoms. The second kappa shape index (κ2) is 11.3. The minimum Gasteiger partial charge on any atom is -0.497 e. The van der Waals surface area contributed by atoms with E-state index in [1.54, 1.807) is 41.0 Å². The zero-order valence-electron chi connectivity index (χ0n) is 18.8. The van der Waals surface area contributed by atoms with Crippen LogP contribution in [0.4, 0.5) is 10.1 Å². The van der Waals surface area contributed by atoms with Gasteiger partial charge in [-0.1, -0.05) is 48.2 Å². The number of nitrogens with zero attached hydrogens (tertiary/aromatic N) is 3. The fourth-order valence-corrected chi connectivity index (χ4v) is 4.02. The molecule has 4 rings (SSSR count). The molecule has 2 N–H and O–H groups in total. The van der Waals surface area contributed by atoms with Crippen molar-refractivity contribution in [2.24, 2.45) is 0 Å². The molecule has 0 aliphatic carbocycles. The Morgan fingerprint density at radius 1 is 1.00 bits per heavy atom. The Balaban J connectivity index is 1.48. The van der Waals surface area contributed by atoms with Crippen LogP contribution in [0.15, 0.2) is 84.0 Å². The van der Waals surface area contributed by atoms with E-state index >= 15 is 0 Å². The normalized spacial score (nSPS) is 10.6. The van der Waals surface area contributed by atoms with E-state index in [1.165, 1.54) is 19.2 Å². The van der Waals surface area contributed by atoms with Crippen LogP contribution >= 0.6 is 11.8 Å². The molecule has 0 bridgehead atoms. The Morgan fingerprint density at radius 3 is 2.54 bits per heavy atom. The number of nitrogens with one attached hydrogen (secondary N) is 2. The number of para-hydroxylation sites is 2. The average Bonchev–Trinajstić information content (AvgIpc) is 3.30. The molecule has 1 aromatic heterocycles. The van der Waals surface area contributed by atoms with E-state index in [-0.39, 0.29) is 29.8 Å². The van der Waals surface area contributed by atoms with Crippen LogP contribution in [0.1, 0.15) is 16.2 Å². The number of hydrogen-bond donors (Lipinski definition) is 2. The number of halogens is 1. The Labute approximate surface area is 205 Å². The molecule has 10 heteroatoms. The third kappa shape index (κ3) is 6.04. The van der Waals surface area contributed by atoms with Gasteiger partial charge in [0.05, 0.1) is 25.1 Å². The molecule has 0 atom stereocenters. The van der Waals surface area contributed by atoms with Crippen LogP contribution in [0.25, 0.3) is 5.69 Å². The standard InChI is InChI=1S/C25H22FN5O3S/c1-34-19-11-7-8-17(14-19)24(33)27-15-22-29-30-25(31(22)18-9-3-2-4-10-18)35-16-23(32)28-21-13-6-5-12-20(21)26/h2-14H,15-16H2,1H3,(H,27,33)(H,28,32). The molecule has 1 heterocycles. The summed E-state index contributed by atoms with van der Waals surface area (Å²) in [6.07, 6.45) is 0. The van der Waals surface area contributed by atoms with Crippen molar-refractivity contribution in [2.75, 3.05) is 18.2 Å². The molecule has 35 heavy (non-hydrogen) atoms. The summed E-state index contributed by atoms with van der Waals surface area (Å²) >= 11 is 1.16. The predicted molar refractivity (Wildman–Crippen MR) is 131 cm³/mol. The number of anilines is 1. The number of carbonyl (C=O) groups is 2. The molecule has 0 fully saturated rings. The van der Waals surface area contributed by atoms with Crippen LogP contribution in [0, 0.1) is 5.82 Å². The minimum atomic E-state index is -0.507. The predicted octanol–water partition coefficient (Wildman–Crippen LogP) is 4.08. The molecule has 3 aromatic carbocycles. The highest BCUT2D eigenvalue weighted by Crippen LogP contribution is 2.23. The molecular formula is C25H22FN5O3S. The quantitative estimate of drug-likeness (QED) is 0.343. The van der Waals surface area contributed by atoms with Gasteiger partial charge >= 0.3 is 0 Å². The Hall–Kier alpha value is -4.18. The minimum absolute atomic E-state index is 0.00449. The molecule has 0 aliphatic rings. The monoisotopic (exact) mass is 491 g/mol. The number of amides is 2. The Bertz CT molecular complexity index is 1330. The number of methoxy groups -OCH3 is 1. The second-order valence-corrected chi connectivity index (χ2v) is 8.24. The van der Waals surface area contributed by atoms with Crippen LogP contribution in [-0.2, 0) is 11.3 Å². The molecule has 8 nitrogen and oxygen atoms in total. The van der Waals surface area contributed by atoms with Gasteiger partial charge in [0.15, 0.2) is 11.0 Å². The van der Waals surface area contributed by atoms with Gasteiger partial charge in [0, 0.05) is 11.3 Å². The fourth-order valence-electron chi connectivity index (χ4n) is 3.25. The summed E-state index contributed by atoms with van der Waals surface area (Å²) in [5.74, 6) is -0.106. The maximum Gasteiger partial charge on any atom is 0.251 e. The van der Waals surface area contributed by atoms with E-state index in [1.807, 2.05) is 30.3 Å². The van der Waals surface area contributed by atoms with Crippen molar-refractivity contribution in [3.05, 3.63) is 96.1 Å². The topological polar surface area (TPSA) is 98.1 Å². The van der Waals surface area contributed by atoms with Gasteiger partial charge in [0.2, 0.25) is 5.91 Å². The zero-order valence-corrected chi connectivity index (χ0v) is 19.6. The molecular weight excluding hydrogens is 469 g/mol. The van der Waals surface area contributed by atoms with Crippen LogP contribution < -0.4 is 15.4 Å². The van der Waals surface area contributed by atoms with Crippen molar-refractivity contribution in [3.8, 4) is 11.4 Å². The highest BCUT2D eigenvalue weighted by Gasteiger charge is 2.17. The number of thioether (sulfide) groups is 1. The lowest BCUT2D eigenvalue weighted by atomic mass is 10.2. The molecule has 2 amide bonds. The van der Waals surface area contributed by atoms with Crippen molar-refractivity contribution >= 4 is 29.3 Å². The number of hydrogen-bond acceptors (Lipinski definition) is 6. The molecule has 0 saturated heterocycles. The van der Waals surface area contributed by atoms with Crippen molar-refractivity contribution in [1.29, 1.82) is 0 Å². The lowest BCUT2D eigenvalue weighted by Gasteiger charge is -2.11. The Kier molecular flexibility index (Phi) is 7.74. The summed E-state index contributed by atoms with van der Waals surface area (Å²) < 4.78 is 20.8. The van der Waals surface area contributed by atoms with E-state index < -0.39 is 5.82 Å². The number of rotatable bonds is 9. The first-order valence-corrected chi connectivity index (χ1v) is 11.6. The van der Waals surface area contributed by atoms with Crippen molar-refractivity contribution < 1.29 is 18.7 Å². The van der Waals surface area contributed by atoms with Crippen LogP contribution in [-0.4, -0.2) is 39.4 Å². The lowest BCUT2D eigenvalue weighted by molar-refractivity contribution is -0.113. The third-order valence-electron chi connectivity index (χ3n) is 4.93. The first-order valence-electron chi connectivity index (χ1n) is 10.6. The zero-order chi connectivity index (χ0) is 24.6. The maximum atomic E-state index is 13.8. The summed E-state index contributed by atoms with van der Waals surface area (Å²) in [6, 6.07) is 22.2. The van der Waals surface area contributed by atoms with Crippen LogP contribution in [0.2, 0.25) is 0 Å². The lowest BCUT2D eigenvalue weighted by Crippen LogP contribution is -2.24. The first kappa shape index (κ1) is 24.0. The molecule has 178 valence electrons. The van der Waals surface area contributed by atoms with Crippen LogP contribution in [0.3, 0.4) is 0 Å². The molecule has 0 radical (unpaired) electrons. The summed E-state index contributed by atoms with van der Waals surface area (Å²) in [5, 5.41) is 14.3. The molecule has 0 unspecified atom stereocenters. The van der Waals surface area contributed by atoms with Crippen LogP contribution in [0.5, 0.6) is 5.75 Å². The van der Waals surface area contributed by atoms with Crippen molar-refractivity contribution in [3.63, 3.8) is 0 Å². The van der Waals surface area contributed by atoms with Crippen molar-refractivity contribution in [2.45, 2.75) is 11.7 Å². The number of ether oxygens (including phenoxy) is 1. The van der Waals surface area contributed by atoms with Gasteiger partial charge in [-0.25, -0.2) is 4.39 Å². The van der Waals surface area contributed by atoms with E-state index in [9.17, 15) is 14.0 Å². The van der Waals surface area contributed by atoms with Gasteiger partial charge in [0.25, 0.3) is 5.91 Å². The second-order valence-electron chi connectivity index (χ2n) is 7.30. The molecule has 0 saturated carbocycles. The SMILES string of the molecule is COc1cccc(C(=O)NCc2nnc(SCC(=O)Nc3ccccc3F)n2-c2ccccc2)c1. The highest BCUT2D eigenvalue weighted by molar-refractivity contribution is 7.99. The van der Waals surface area contributed by atoms with E-state index in [0.717, 1.165) is 17.4 Å². The maximum absolute atomic E-state index is 13.8. The van der Waals surface area contributed by atoms with E-state index in [4.69, 9.17) is 4.74 Å². The third-order valence-corrected chi connectivity index (χ3v) is 5.86. The summed E-state index contributed by atoms with van der Waals surface area (Å²) in [7, 11) is 1.54. The summed E-state index contributed by atoms with van der Waals surface area (Å²) in [6.45, 7) is 0.111.